The van der Waals surface area contributed by atoms with Crippen molar-refractivity contribution in [3.8, 4) is 0 Å². The van der Waals surface area contributed by atoms with Gasteiger partial charge in [0.05, 0.1) is 0 Å². The SMILES string of the molecule is CC(C)C(C)c1ccc2oc3cc4ccccc4cc3c2c1. The highest BCUT2D eigenvalue weighted by molar-refractivity contribution is 6.10. The summed E-state index contributed by atoms with van der Waals surface area (Å²) in [5.41, 5.74) is 3.34. The summed E-state index contributed by atoms with van der Waals surface area (Å²) in [7, 11) is 0. The molecule has 0 fully saturated rings. The van der Waals surface area contributed by atoms with Crippen LogP contribution in [-0.4, -0.2) is 0 Å². The average molecular weight is 288 g/mol. The van der Waals surface area contributed by atoms with Crippen molar-refractivity contribution < 1.29 is 4.42 Å². The Morgan fingerprint density at radius 2 is 1.41 bits per heavy atom. The molecule has 1 heteroatoms. The molecule has 22 heavy (non-hydrogen) atoms. The lowest BCUT2D eigenvalue weighted by Crippen LogP contribution is -2.01. The summed E-state index contributed by atoms with van der Waals surface area (Å²) in [6.07, 6.45) is 0. The van der Waals surface area contributed by atoms with Crippen LogP contribution in [0.1, 0.15) is 32.3 Å². The molecular weight excluding hydrogens is 268 g/mol. The van der Waals surface area contributed by atoms with Crippen LogP contribution in [0.4, 0.5) is 0 Å². The van der Waals surface area contributed by atoms with E-state index in [0.717, 1.165) is 11.2 Å². The predicted octanol–water partition coefficient (Wildman–Crippen LogP) is 6.50. The number of hydrogen-bond acceptors (Lipinski definition) is 1. The number of benzene rings is 3. The summed E-state index contributed by atoms with van der Waals surface area (Å²) in [5.74, 6) is 1.19. The van der Waals surface area contributed by atoms with Crippen molar-refractivity contribution in [2.45, 2.75) is 26.7 Å². The minimum atomic E-state index is 0.551. The zero-order valence-electron chi connectivity index (χ0n) is 13.3. The highest BCUT2D eigenvalue weighted by Gasteiger charge is 2.13. The van der Waals surface area contributed by atoms with Crippen molar-refractivity contribution in [3.63, 3.8) is 0 Å². The lowest BCUT2D eigenvalue weighted by Gasteiger charge is -2.15. The van der Waals surface area contributed by atoms with Gasteiger partial charge in [-0.25, -0.2) is 0 Å². The second kappa shape index (κ2) is 4.88. The molecule has 0 radical (unpaired) electrons. The molecule has 0 amide bonds. The predicted molar refractivity (Wildman–Crippen MR) is 94.5 cm³/mol. The van der Waals surface area contributed by atoms with Crippen LogP contribution in [0.25, 0.3) is 32.7 Å². The van der Waals surface area contributed by atoms with Crippen LogP contribution in [0.5, 0.6) is 0 Å². The van der Waals surface area contributed by atoms with Crippen LogP contribution >= 0.6 is 0 Å². The van der Waals surface area contributed by atoms with E-state index < -0.39 is 0 Å². The van der Waals surface area contributed by atoms with Gasteiger partial charge in [-0.1, -0.05) is 51.1 Å². The van der Waals surface area contributed by atoms with E-state index in [2.05, 4.69) is 75.4 Å². The maximum Gasteiger partial charge on any atom is 0.136 e. The fraction of sp³-hybridized carbons (Fsp3) is 0.238. The highest BCUT2D eigenvalue weighted by atomic mass is 16.3. The van der Waals surface area contributed by atoms with Crippen LogP contribution in [0, 0.1) is 5.92 Å². The van der Waals surface area contributed by atoms with Crippen molar-refractivity contribution >= 4 is 32.7 Å². The molecule has 1 nitrogen and oxygen atoms in total. The Labute approximate surface area is 130 Å². The van der Waals surface area contributed by atoms with Crippen LogP contribution < -0.4 is 0 Å². The summed E-state index contributed by atoms with van der Waals surface area (Å²) in [5, 5.41) is 4.93. The second-order valence-corrected chi connectivity index (χ2v) is 6.59. The molecule has 0 saturated heterocycles. The molecule has 3 aromatic carbocycles. The van der Waals surface area contributed by atoms with E-state index in [0.29, 0.717) is 11.8 Å². The maximum absolute atomic E-state index is 6.06. The van der Waals surface area contributed by atoms with Crippen molar-refractivity contribution in [2.75, 3.05) is 0 Å². The normalized spacial score (nSPS) is 13.5. The molecule has 0 N–H and O–H groups in total. The average Bonchev–Trinajstić information content (AvgIpc) is 2.88. The Balaban J connectivity index is 2.02. The first-order valence-electron chi connectivity index (χ1n) is 7.98. The summed E-state index contributed by atoms with van der Waals surface area (Å²) in [4.78, 5) is 0. The monoisotopic (exact) mass is 288 g/mol. The molecule has 1 atom stereocenters. The first-order chi connectivity index (χ1) is 10.6. The Hall–Kier alpha value is -2.28. The minimum absolute atomic E-state index is 0.551. The third-order valence-electron chi connectivity index (χ3n) is 4.89. The van der Waals surface area contributed by atoms with Crippen molar-refractivity contribution in [3.05, 3.63) is 60.2 Å². The van der Waals surface area contributed by atoms with Crippen molar-refractivity contribution in [1.29, 1.82) is 0 Å². The van der Waals surface area contributed by atoms with Gasteiger partial charge in [0, 0.05) is 10.8 Å². The van der Waals surface area contributed by atoms with Gasteiger partial charge in [-0.2, -0.15) is 0 Å². The van der Waals surface area contributed by atoms with Gasteiger partial charge < -0.3 is 4.42 Å². The maximum atomic E-state index is 6.06. The van der Waals surface area contributed by atoms with E-state index in [1.165, 1.54) is 27.1 Å². The summed E-state index contributed by atoms with van der Waals surface area (Å²) in [6, 6.07) is 19.5. The third kappa shape index (κ3) is 2.00. The van der Waals surface area contributed by atoms with Crippen molar-refractivity contribution in [2.24, 2.45) is 5.92 Å². The molecule has 4 rings (SSSR count). The van der Waals surface area contributed by atoms with Crippen LogP contribution in [-0.2, 0) is 0 Å². The largest absolute Gasteiger partial charge is 0.456 e. The molecular formula is C21H20O. The van der Waals surface area contributed by atoms with Crippen LogP contribution in [0.15, 0.2) is 59.0 Å². The van der Waals surface area contributed by atoms with E-state index in [1.54, 1.807) is 0 Å². The number of furan rings is 1. The van der Waals surface area contributed by atoms with Crippen LogP contribution in [0.3, 0.4) is 0 Å². The topological polar surface area (TPSA) is 13.1 Å². The van der Waals surface area contributed by atoms with E-state index in [4.69, 9.17) is 4.42 Å². The second-order valence-electron chi connectivity index (χ2n) is 6.59. The molecule has 0 bridgehead atoms. The van der Waals surface area contributed by atoms with Gasteiger partial charge in [-0.3, -0.25) is 0 Å². The van der Waals surface area contributed by atoms with E-state index in [1.807, 2.05) is 0 Å². The Morgan fingerprint density at radius 1 is 0.727 bits per heavy atom. The quantitative estimate of drug-likeness (QED) is 0.410. The highest BCUT2D eigenvalue weighted by Crippen LogP contribution is 2.35. The zero-order chi connectivity index (χ0) is 15.3. The number of fused-ring (bicyclic) bond motifs is 4. The molecule has 1 heterocycles. The molecule has 0 aliphatic rings. The molecule has 1 aromatic heterocycles. The van der Waals surface area contributed by atoms with Gasteiger partial charge in [0.1, 0.15) is 11.2 Å². The minimum Gasteiger partial charge on any atom is -0.456 e. The van der Waals surface area contributed by atoms with Gasteiger partial charge in [0.15, 0.2) is 0 Å². The molecule has 1 unspecified atom stereocenters. The Kier molecular flexibility index (Phi) is 2.97. The molecule has 0 spiro atoms. The zero-order valence-corrected chi connectivity index (χ0v) is 13.3. The van der Waals surface area contributed by atoms with E-state index in [-0.39, 0.29) is 0 Å². The van der Waals surface area contributed by atoms with E-state index >= 15 is 0 Å². The van der Waals surface area contributed by atoms with Crippen molar-refractivity contribution in [1.82, 2.24) is 0 Å². The van der Waals surface area contributed by atoms with Gasteiger partial charge in [0.2, 0.25) is 0 Å². The van der Waals surface area contributed by atoms with Gasteiger partial charge >= 0.3 is 0 Å². The fourth-order valence-electron chi connectivity index (χ4n) is 3.15. The van der Waals surface area contributed by atoms with E-state index in [9.17, 15) is 0 Å². The molecule has 0 saturated carbocycles. The third-order valence-corrected chi connectivity index (χ3v) is 4.89. The molecule has 4 aromatic rings. The van der Waals surface area contributed by atoms with Gasteiger partial charge in [0.25, 0.3) is 0 Å². The molecule has 110 valence electrons. The summed E-state index contributed by atoms with van der Waals surface area (Å²) < 4.78 is 6.06. The van der Waals surface area contributed by atoms with Crippen LogP contribution in [0.2, 0.25) is 0 Å². The standard InChI is InChI=1S/C21H20O/c1-13(2)14(3)15-8-9-20-18(10-15)19-11-16-6-4-5-7-17(16)12-21(19)22-20/h4-14H,1-3H3. The Morgan fingerprint density at radius 3 is 2.14 bits per heavy atom. The Bertz CT molecular complexity index is 975. The number of hydrogen-bond donors (Lipinski definition) is 0. The summed E-state index contributed by atoms with van der Waals surface area (Å²) >= 11 is 0. The summed E-state index contributed by atoms with van der Waals surface area (Å²) in [6.45, 7) is 6.84. The smallest absolute Gasteiger partial charge is 0.136 e. The fourth-order valence-corrected chi connectivity index (χ4v) is 3.15. The van der Waals surface area contributed by atoms with Gasteiger partial charge in [-0.15, -0.1) is 0 Å². The first-order valence-corrected chi connectivity index (χ1v) is 7.98. The molecule has 0 aliphatic carbocycles. The first kappa shape index (κ1) is 13.4. The molecule has 0 aliphatic heterocycles. The lowest BCUT2D eigenvalue weighted by molar-refractivity contribution is 0.535. The van der Waals surface area contributed by atoms with Gasteiger partial charge in [-0.05, 0) is 52.4 Å². The number of rotatable bonds is 2. The lowest BCUT2D eigenvalue weighted by atomic mass is 9.89.